The van der Waals surface area contributed by atoms with Crippen molar-refractivity contribution in [1.29, 1.82) is 0 Å². The van der Waals surface area contributed by atoms with Gasteiger partial charge in [-0.05, 0) is 25.5 Å². The van der Waals surface area contributed by atoms with Gasteiger partial charge in [-0.3, -0.25) is 9.39 Å². The summed E-state index contributed by atoms with van der Waals surface area (Å²) in [6.07, 6.45) is -1.74. The number of halogens is 3. The van der Waals surface area contributed by atoms with Crippen LogP contribution in [-0.4, -0.2) is 46.4 Å². The molecule has 2 aromatic rings. The molecule has 0 aliphatic heterocycles. The predicted molar refractivity (Wildman–Crippen MR) is 86.0 cm³/mol. The summed E-state index contributed by atoms with van der Waals surface area (Å²) in [7, 11) is 0. The molecule has 0 aliphatic rings. The highest BCUT2D eigenvalue weighted by Gasteiger charge is 2.26. The molecule has 2 rings (SSSR count). The van der Waals surface area contributed by atoms with Crippen LogP contribution in [0.4, 0.5) is 13.2 Å². The van der Waals surface area contributed by atoms with Gasteiger partial charge in [0.15, 0.2) is 11.6 Å². The first-order valence-electron chi connectivity index (χ1n) is 7.87. The standard InChI is InChI=1S/C15H21F3N6/c1-2-19-14(21-10-8-15(16,17)18)20-9-5-7-13-23-22-12-6-3-4-11-24(12)13/h3-4,6,11H,2,5,7-10H2,1H3,(H2,19,20,21). The number of aliphatic imine (C=N–C) groups is 1. The molecule has 0 spiro atoms. The number of aromatic nitrogens is 3. The summed E-state index contributed by atoms with van der Waals surface area (Å²) in [4.78, 5) is 4.28. The molecule has 132 valence electrons. The van der Waals surface area contributed by atoms with Gasteiger partial charge in [0.1, 0.15) is 5.82 Å². The minimum Gasteiger partial charge on any atom is -0.357 e. The summed E-state index contributed by atoms with van der Waals surface area (Å²) >= 11 is 0. The fourth-order valence-electron chi connectivity index (χ4n) is 2.15. The van der Waals surface area contributed by atoms with Gasteiger partial charge < -0.3 is 10.6 Å². The summed E-state index contributed by atoms with van der Waals surface area (Å²) < 4.78 is 38.4. The van der Waals surface area contributed by atoms with Crippen LogP contribution in [0.3, 0.4) is 0 Å². The Hall–Kier alpha value is -2.32. The topological polar surface area (TPSA) is 66.6 Å². The molecule has 2 heterocycles. The Kier molecular flexibility index (Phi) is 6.39. The second-order valence-corrected chi connectivity index (χ2v) is 5.20. The fourth-order valence-corrected chi connectivity index (χ4v) is 2.15. The molecule has 0 amide bonds. The lowest BCUT2D eigenvalue weighted by Crippen LogP contribution is -2.39. The highest BCUT2D eigenvalue weighted by Crippen LogP contribution is 2.18. The van der Waals surface area contributed by atoms with Gasteiger partial charge in [0.2, 0.25) is 0 Å². The number of hydrogen-bond donors (Lipinski definition) is 2. The molecule has 0 fully saturated rings. The molecule has 0 saturated heterocycles. The molecule has 2 aromatic heterocycles. The number of aryl methyl sites for hydroxylation is 1. The maximum Gasteiger partial charge on any atom is 0.390 e. The first-order valence-corrected chi connectivity index (χ1v) is 7.87. The van der Waals surface area contributed by atoms with E-state index in [-0.39, 0.29) is 6.54 Å². The van der Waals surface area contributed by atoms with Crippen molar-refractivity contribution in [2.24, 2.45) is 4.99 Å². The van der Waals surface area contributed by atoms with E-state index in [4.69, 9.17) is 0 Å². The third-order valence-electron chi connectivity index (χ3n) is 3.26. The van der Waals surface area contributed by atoms with E-state index in [0.29, 0.717) is 25.5 Å². The first-order chi connectivity index (χ1) is 11.5. The van der Waals surface area contributed by atoms with Crippen molar-refractivity contribution in [3.8, 4) is 0 Å². The number of hydrogen-bond acceptors (Lipinski definition) is 3. The van der Waals surface area contributed by atoms with Gasteiger partial charge in [-0.2, -0.15) is 13.2 Å². The van der Waals surface area contributed by atoms with Gasteiger partial charge in [-0.15, -0.1) is 10.2 Å². The Morgan fingerprint density at radius 3 is 2.83 bits per heavy atom. The molecule has 9 heteroatoms. The van der Waals surface area contributed by atoms with Crippen molar-refractivity contribution in [2.45, 2.75) is 32.4 Å². The zero-order chi connectivity index (χ0) is 17.4. The average Bonchev–Trinajstić information content (AvgIpc) is 2.93. The fraction of sp³-hybridized carbons (Fsp3) is 0.533. The molecular weight excluding hydrogens is 321 g/mol. The van der Waals surface area contributed by atoms with E-state index in [1.165, 1.54) is 0 Å². The van der Waals surface area contributed by atoms with E-state index >= 15 is 0 Å². The summed E-state index contributed by atoms with van der Waals surface area (Å²) in [5.74, 6) is 1.24. The number of nitrogens with zero attached hydrogens (tertiary/aromatic N) is 4. The summed E-state index contributed by atoms with van der Waals surface area (Å²) in [5.41, 5.74) is 0.790. The van der Waals surface area contributed by atoms with Crippen molar-refractivity contribution in [3.63, 3.8) is 0 Å². The van der Waals surface area contributed by atoms with E-state index in [1.54, 1.807) is 0 Å². The zero-order valence-corrected chi connectivity index (χ0v) is 13.5. The number of alkyl halides is 3. The lowest BCUT2D eigenvalue weighted by molar-refractivity contribution is -0.132. The monoisotopic (exact) mass is 342 g/mol. The summed E-state index contributed by atoms with van der Waals surface area (Å²) in [5, 5.41) is 13.8. The van der Waals surface area contributed by atoms with Crippen molar-refractivity contribution in [3.05, 3.63) is 30.2 Å². The molecular formula is C15H21F3N6. The molecule has 0 atom stereocenters. The Morgan fingerprint density at radius 2 is 2.08 bits per heavy atom. The predicted octanol–water partition coefficient (Wildman–Crippen LogP) is 2.17. The van der Waals surface area contributed by atoms with E-state index < -0.39 is 12.6 Å². The number of nitrogens with one attached hydrogen (secondary N) is 2. The average molecular weight is 342 g/mol. The quantitative estimate of drug-likeness (QED) is 0.460. The van der Waals surface area contributed by atoms with Crippen LogP contribution in [0, 0.1) is 0 Å². The molecule has 0 aliphatic carbocycles. The van der Waals surface area contributed by atoms with Gasteiger partial charge in [-0.1, -0.05) is 6.07 Å². The number of guanidine groups is 1. The molecule has 0 bridgehead atoms. The van der Waals surface area contributed by atoms with E-state index in [9.17, 15) is 13.2 Å². The van der Waals surface area contributed by atoms with E-state index in [1.807, 2.05) is 35.7 Å². The van der Waals surface area contributed by atoms with Crippen molar-refractivity contribution >= 4 is 11.6 Å². The van der Waals surface area contributed by atoms with E-state index in [0.717, 1.165) is 17.9 Å². The maximum absolute atomic E-state index is 12.2. The number of fused-ring (bicyclic) bond motifs is 1. The van der Waals surface area contributed by atoms with Gasteiger partial charge in [-0.25, -0.2) is 0 Å². The van der Waals surface area contributed by atoms with E-state index in [2.05, 4.69) is 25.8 Å². The Bertz CT molecular complexity index is 665. The van der Waals surface area contributed by atoms with Crippen LogP contribution >= 0.6 is 0 Å². The first kappa shape index (κ1) is 18.0. The van der Waals surface area contributed by atoms with Crippen molar-refractivity contribution in [1.82, 2.24) is 25.2 Å². The molecule has 0 unspecified atom stereocenters. The van der Waals surface area contributed by atoms with Crippen LogP contribution < -0.4 is 10.6 Å². The highest BCUT2D eigenvalue weighted by atomic mass is 19.4. The summed E-state index contributed by atoms with van der Waals surface area (Å²) in [6, 6.07) is 5.68. The van der Waals surface area contributed by atoms with Crippen LogP contribution in [0.1, 0.15) is 25.6 Å². The van der Waals surface area contributed by atoms with Crippen LogP contribution in [0.2, 0.25) is 0 Å². The molecule has 24 heavy (non-hydrogen) atoms. The van der Waals surface area contributed by atoms with Crippen LogP contribution in [0.5, 0.6) is 0 Å². The van der Waals surface area contributed by atoms with Gasteiger partial charge in [0, 0.05) is 32.3 Å². The molecule has 0 radical (unpaired) electrons. The normalized spacial score (nSPS) is 12.6. The number of rotatable bonds is 7. The Labute approximate surface area is 138 Å². The Morgan fingerprint density at radius 1 is 1.25 bits per heavy atom. The second kappa shape index (κ2) is 8.51. The largest absolute Gasteiger partial charge is 0.390 e. The van der Waals surface area contributed by atoms with Gasteiger partial charge in [0.25, 0.3) is 0 Å². The third kappa shape index (κ3) is 5.71. The van der Waals surface area contributed by atoms with Crippen LogP contribution in [0.25, 0.3) is 5.65 Å². The smallest absolute Gasteiger partial charge is 0.357 e. The molecule has 0 saturated carbocycles. The lowest BCUT2D eigenvalue weighted by Gasteiger charge is -2.12. The summed E-state index contributed by atoms with van der Waals surface area (Å²) in [6.45, 7) is 2.75. The Balaban J connectivity index is 1.81. The maximum atomic E-state index is 12.2. The second-order valence-electron chi connectivity index (χ2n) is 5.20. The SMILES string of the molecule is CCNC(=NCCCc1nnc2ccccn12)NCCC(F)(F)F. The zero-order valence-electron chi connectivity index (χ0n) is 13.5. The van der Waals surface area contributed by atoms with Gasteiger partial charge in [0.05, 0.1) is 6.42 Å². The van der Waals surface area contributed by atoms with Crippen LogP contribution in [-0.2, 0) is 6.42 Å². The minimum absolute atomic E-state index is 0.190. The molecule has 6 nitrogen and oxygen atoms in total. The minimum atomic E-state index is -4.17. The van der Waals surface area contributed by atoms with Crippen molar-refractivity contribution in [2.75, 3.05) is 19.6 Å². The van der Waals surface area contributed by atoms with Crippen LogP contribution in [0.15, 0.2) is 29.4 Å². The molecule has 2 N–H and O–H groups in total. The van der Waals surface area contributed by atoms with Crippen molar-refractivity contribution < 1.29 is 13.2 Å². The lowest BCUT2D eigenvalue weighted by atomic mass is 10.3. The third-order valence-corrected chi connectivity index (χ3v) is 3.26. The highest BCUT2D eigenvalue weighted by molar-refractivity contribution is 5.79. The number of pyridine rings is 1. The molecule has 0 aromatic carbocycles. The van der Waals surface area contributed by atoms with Gasteiger partial charge >= 0.3 is 6.18 Å².